The van der Waals surface area contributed by atoms with Crippen molar-refractivity contribution in [2.24, 2.45) is 0 Å². The number of aryl methyl sites for hydroxylation is 1. The molecule has 0 fully saturated rings. The number of nitrogens with zero attached hydrogens (tertiary/aromatic N) is 3. The number of thiazole rings is 1. The summed E-state index contributed by atoms with van der Waals surface area (Å²) in [5, 5.41) is 15.9. The number of aromatic nitrogens is 1. The van der Waals surface area contributed by atoms with E-state index in [0.717, 1.165) is 52.4 Å². The molecular weight excluding hydrogens is 472 g/mol. The molecule has 1 aliphatic heterocycles. The molecule has 1 N–H and O–H groups in total. The largest absolute Gasteiger partial charge is 0.482 e. The van der Waals surface area contributed by atoms with Crippen LogP contribution in [0.25, 0.3) is 11.3 Å². The number of hydrogen-bond acceptors (Lipinski definition) is 8. The molecule has 3 aromatic rings. The van der Waals surface area contributed by atoms with Gasteiger partial charge >= 0.3 is 0 Å². The Morgan fingerprint density at radius 1 is 1.38 bits per heavy atom. The number of methoxy groups -OCH3 is 1. The van der Waals surface area contributed by atoms with Crippen LogP contribution in [0, 0.1) is 11.3 Å². The van der Waals surface area contributed by atoms with Gasteiger partial charge in [-0.2, -0.15) is 5.26 Å². The summed E-state index contributed by atoms with van der Waals surface area (Å²) in [6, 6.07) is 7.76. The smallest absolute Gasteiger partial charge is 0.265 e. The molecule has 5 rings (SSSR count). The van der Waals surface area contributed by atoms with Crippen molar-refractivity contribution in [2.45, 2.75) is 25.7 Å². The number of rotatable bonds is 7. The number of hydrogen-bond donors (Lipinski definition) is 1. The normalized spacial score (nSPS) is 14.4. The van der Waals surface area contributed by atoms with E-state index >= 15 is 0 Å². The van der Waals surface area contributed by atoms with E-state index in [1.807, 2.05) is 17.5 Å². The van der Waals surface area contributed by atoms with Crippen molar-refractivity contribution < 1.29 is 19.1 Å². The van der Waals surface area contributed by atoms with Gasteiger partial charge in [-0.1, -0.05) is 0 Å². The Hall–Kier alpha value is -3.26. The van der Waals surface area contributed by atoms with Crippen LogP contribution < -0.4 is 15.0 Å². The number of benzene rings is 1. The van der Waals surface area contributed by atoms with Gasteiger partial charge in [0.2, 0.25) is 5.91 Å². The first-order valence-corrected chi connectivity index (χ1v) is 12.6. The topological polar surface area (TPSA) is 105 Å². The second-order valence-electron chi connectivity index (χ2n) is 8.04. The van der Waals surface area contributed by atoms with Crippen LogP contribution in [0.1, 0.15) is 27.4 Å². The minimum atomic E-state index is -0.349. The van der Waals surface area contributed by atoms with Gasteiger partial charge in [0.1, 0.15) is 23.4 Å². The molecule has 2 aliphatic rings. The Morgan fingerprint density at radius 3 is 3.09 bits per heavy atom. The second-order valence-corrected chi connectivity index (χ2v) is 10.1. The number of carbonyl (C=O) groups excluding carboxylic acids is 2. The minimum Gasteiger partial charge on any atom is -0.482 e. The van der Waals surface area contributed by atoms with Gasteiger partial charge in [0, 0.05) is 29.4 Å². The zero-order valence-corrected chi connectivity index (χ0v) is 20.2. The van der Waals surface area contributed by atoms with Gasteiger partial charge in [0.05, 0.1) is 28.6 Å². The average Bonchev–Trinajstić information content (AvgIpc) is 3.56. The highest BCUT2D eigenvalue weighted by molar-refractivity contribution is 7.16. The van der Waals surface area contributed by atoms with E-state index in [9.17, 15) is 14.9 Å². The van der Waals surface area contributed by atoms with Crippen LogP contribution in [0.15, 0.2) is 23.6 Å². The van der Waals surface area contributed by atoms with Crippen LogP contribution in [0.3, 0.4) is 0 Å². The molecular formula is C24H22N4O4S2. The Bertz CT molecular complexity index is 1310. The second kappa shape index (κ2) is 9.54. The molecule has 1 aliphatic carbocycles. The van der Waals surface area contributed by atoms with E-state index in [2.05, 4.69) is 16.4 Å². The third kappa shape index (κ3) is 4.30. The number of ether oxygens (including phenoxy) is 2. The maximum absolute atomic E-state index is 12.9. The molecule has 0 unspecified atom stereocenters. The Kier molecular flexibility index (Phi) is 6.32. The molecule has 2 aromatic heterocycles. The van der Waals surface area contributed by atoms with Crippen molar-refractivity contribution in [1.29, 1.82) is 5.26 Å². The number of amides is 2. The van der Waals surface area contributed by atoms with E-state index in [1.54, 1.807) is 24.5 Å². The summed E-state index contributed by atoms with van der Waals surface area (Å²) in [5.74, 6) is -0.106. The van der Waals surface area contributed by atoms with Crippen molar-refractivity contribution in [3.05, 3.63) is 44.6 Å². The number of fused-ring (bicyclic) bond motifs is 2. The van der Waals surface area contributed by atoms with Crippen LogP contribution in [0.5, 0.6) is 5.75 Å². The fraction of sp³-hybridized carbons (Fsp3) is 0.333. The highest BCUT2D eigenvalue weighted by Crippen LogP contribution is 2.39. The van der Waals surface area contributed by atoms with Crippen LogP contribution in [-0.2, 0) is 33.6 Å². The molecule has 2 amide bonds. The van der Waals surface area contributed by atoms with Crippen LogP contribution in [0.2, 0.25) is 0 Å². The highest BCUT2D eigenvalue weighted by atomic mass is 32.1. The summed E-state index contributed by atoms with van der Waals surface area (Å²) in [4.78, 5) is 32.9. The van der Waals surface area contributed by atoms with E-state index in [-0.39, 0.29) is 25.0 Å². The van der Waals surface area contributed by atoms with E-state index in [1.165, 1.54) is 16.2 Å². The van der Waals surface area contributed by atoms with Gasteiger partial charge in [-0.15, -0.1) is 22.7 Å². The zero-order chi connectivity index (χ0) is 23.7. The fourth-order valence-corrected chi connectivity index (χ4v) is 6.25. The third-order valence-electron chi connectivity index (χ3n) is 5.86. The lowest BCUT2D eigenvalue weighted by molar-refractivity contribution is -0.123. The maximum atomic E-state index is 12.9. The molecule has 34 heavy (non-hydrogen) atoms. The lowest BCUT2D eigenvalue weighted by Crippen LogP contribution is -2.43. The van der Waals surface area contributed by atoms with Gasteiger partial charge < -0.3 is 14.8 Å². The summed E-state index contributed by atoms with van der Waals surface area (Å²) in [5.41, 5.74) is 3.77. The number of nitriles is 1. The molecule has 0 bridgehead atoms. The van der Waals surface area contributed by atoms with Gasteiger partial charge in [0.25, 0.3) is 5.91 Å². The van der Waals surface area contributed by atoms with E-state index in [4.69, 9.17) is 9.47 Å². The number of carbonyl (C=O) groups is 2. The summed E-state index contributed by atoms with van der Waals surface area (Å²) < 4.78 is 10.7. The van der Waals surface area contributed by atoms with Gasteiger partial charge in [0.15, 0.2) is 6.61 Å². The Labute approximate surface area is 204 Å². The summed E-state index contributed by atoms with van der Waals surface area (Å²) in [7, 11) is 1.66. The highest BCUT2D eigenvalue weighted by Gasteiger charge is 2.29. The summed E-state index contributed by atoms with van der Waals surface area (Å²) in [6.07, 6.45) is 3.58. The standard InChI is InChI=1S/C24H22N4O4S2/c1-31-8-7-22-26-17(13-33-22)14-5-6-19-18(9-14)28(23(30)12-32-19)11-21(29)27-24-16(10-25)15-3-2-4-20(15)34-24/h5-6,9,13H,2-4,7-8,11-12H2,1H3,(H,27,29). The average molecular weight is 495 g/mol. The molecule has 0 radical (unpaired) electrons. The SMILES string of the molecule is COCCc1nc(-c2ccc3c(c2)N(CC(=O)Nc2sc4c(c2C#N)CCC4)C(=O)CO3)cs1. The first-order valence-electron chi connectivity index (χ1n) is 10.9. The van der Waals surface area contributed by atoms with Crippen molar-refractivity contribution in [2.75, 3.05) is 37.1 Å². The zero-order valence-electron chi connectivity index (χ0n) is 18.6. The Balaban J connectivity index is 1.37. The van der Waals surface area contributed by atoms with Crippen molar-refractivity contribution >= 4 is 45.2 Å². The summed E-state index contributed by atoms with van der Waals surface area (Å²) >= 11 is 3.01. The predicted molar refractivity (Wildman–Crippen MR) is 131 cm³/mol. The molecule has 1 aromatic carbocycles. The quantitative estimate of drug-likeness (QED) is 0.536. The third-order valence-corrected chi connectivity index (χ3v) is 7.97. The van der Waals surface area contributed by atoms with Gasteiger partial charge in [-0.3, -0.25) is 14.5 Å². The molecule has 10 heteroatoms. The van der Waals surface area contributed by atoms with Gasteiger partial charge in [-0.25, -0.2) is 4.98 Å². The fourth-order valence-electron chi connectivity index (χ4n) is 4.20. The monoisotopic (exact) mass is 494 g/mol. The Morgan fingerprint density at radius 2 is 2.26 bits per heavy atom. The van der Waals surface area contributed by atoms with E-state index in [0.29, 0.717) is 28.6 Å². The molecule has 0 spiro atoms. The maximum Gasteiger partial charge on any atom is 0.265 e. The van der Waals surface area contributed by atoms with Crippen LogP contribution in [0.4, 0.5) is 10.7 Å². The molecule has 0 saturated heterocycles. The molecule has 174 valence electrons. The molecule has 0 atom stereocenters. The van der Waals surface area contributed by atoms with Crippen LogP contribution in [-0.4, -0.2) is 43.7 Å². The predicted octanol–water partition coefficient (Wildman–Crippen LogP) is 3.78. The van der Waals surface area contributed by atoms with Crippen LogP contribution >= 0.6 is 22.7 Å². The number of nitrogens with one attached hydrogen (secondary N) is 1. The lowest BCUT2D eigenvalue weighted by Gasteiger charge is -2.29. The lowest BCUT2D eigenvalue weighted by atomic mass is 10.1. The van der Waals surface area contributed by atoms with Crippen molar-refractivity contribution in [3.63, 3.8) is 0 Å². The number of anilines is 2. The first kappa shape index (κ1) is 22.5. The van der Waals surface area contributed by atoms with Crippen molar-refractivity contribution in [3.8, 4) is 23.1 Å². The van der Waals surface area contributed by atoms with Crippen molar-refractivity contribution in [1.82, 2.24) is 4.98 Å². The molecule has 8 nitrogen and oxygen atoms in total. The first-order chi connectivity index (χ1) is 16.6. The molecule has 3 heterocycles. The molecule has 0 saturated carbocycles. The summed E-state index contributed by atoms with van der Waals surface area (Å²) in [6.45, 7) is 0.305. The van der Waals surface area contributed by atoms with E-state index < -0.39 is 0 Å². The van der Waals surface area contributed by atoms with Gasteiger partial charge in [-0.05, 0) is 43.0 Å². The number of thiophene rings is 1. The minimum absolute atomic E-state index is 0.131.